The molecule has 0 aliphatic carbocycles. The van der Waals surface area contributed by atoms with E-state index in [1.54, 1.807) is 6.20 Å². The fourth-order valence-corrected chi connectivity index (χ4v) is 0.308. The SMILES string of the molecule is OCn1ccnn1. The fourth-order valence-electron chi connectivity index (χ4n) is 0.308. The molecule has 0 aliphatic rings. The summed E-state index contributed by atoms with van der Waals surface area (Å²) in [6, 6.07) is 0. The molecule has 0 saturated heterocycles. The van der Waals surface area contributed by atoms with Crippen LogP contribution < -0.4 is 0 Å². The van der Waals surface area contributed by atoms with E-state index >= 15 is 0 Å². The first kappa shape index (κ1) is 4.26. The van der Waals surface area contributed by atoms with Gasteiger partial charge in [0.25, 0.3) is 0 Å². The van der Waals surface area contributed by atoms with Crippen LogP contribution in [0.1, 0.15) is 0 Å². The normalized spacial score (nSPS) is 9.29. The summed E-state index contributed by atoms with van der Waals surface area (Å²) in [7, 11) is 0. The van der Waals surface area contributed by atoms with Crippen LogP contribution in [0.3, 0.4) is 0 Å². The Morgan fingerprint density at radius 2 is 2.57 bits per heavy atom. The van der Waals surface area contributed by atoms with E-state index in [-0.39, 0.29) is 6.73 Å². The van der Waals surface area contributed by atoms with Crippen LogP contribution in [0, 0.1) is 0 Å². The molecule has 1 aromatic heterocycles. The highest BCUT2D eigenvalue weighted by Gasteiger charge is 1.79. The van der Waals surface area contributed by atoms with Crippen LogP contribution in [0.2, 0.25) is 0 Å². The molecule has 0 atom stereocenters. The Bertz CT molecular complexity index is 125. The van der Waals surface area contributed by atoms with Crippen molar-refractivity contribution in [3.05, 3.63) is 12.4 Å². The molecule has 0 radical (unpaired) electrons. The van der Waals surface area contributed by atoms with E-state index in [1.807, 2.05) is 0 Å². The molecule has 1 N–H and O–H groups in total. The third kappa shape index (κ3) is 0.747. The second-order valence-corrected chi connectivity index (χ2v) is 1.08. The van der Waals surface area contributed by atoms with Gasteiger partial charge >= 0.3 is 0 Å². The van der Waals surface area contributed by atoms with E-state index in [4.69, 9.17) is 5.11 Å². The summed E-state index contributed by atoms with van der Waals surface area (Å²) in [5, 5.41) is 15.2. The van der Waals surface area contributed by atoms with Crippen LogP contribution in [0.25, 0.3) is 0 Å². The van der Waals surface area contributed by atoms with Crippen LogP contribution in [0.15, 0.2) is 12.4 Å². The zero-order valence-corrected chi connectivity index (χ0v) is 3.65. The number of hydrogen-bond acceptors (Lipinski definition) is 3. The summed E-state index contributed by atoms with van der Waals surface area (Å²) in [6.45, 7) is -0.0972. The van der Waals surface area contributed by atoms with E-state index < -0.39 is 0 Å². The van der Waals surface area contributed by atoms with Crippen molar-refractivity contribution in [1.29, 1.82) is 0 Å². The largest absolute Gasteiger partial charge is 0.374 e. The first-order valence-corrected chi connectivity index (χ1v) is 1.88. The molecule has 0 aromatic carbocycles. The third-order valence-electron chi connectivity index (χ3n) is 0.617. The molecule has 0 bridgehead atoms. The quantitative estimate of drug-likeness (QED) is 0.503. The van der Waals surface area contributed by atoms with Gasteiger partial charge in [0.2, 0.25) is 0 Å². The summed E-state index contributed by atoms with van der Waals surface area (Å²) >= 11 is 0. The Morgan fingerprint density at radius 3 is 2.86 bits per heavy atom. The molecule has 0 amide bonds. The van der Waals surface area contributed by atoms with Gasteiger partial charge in [-0.25, -0.2) is 4.68 Å². The Balaban J connectivity index is 2.76. The van der Waals surface area contributed by atoms with Gasteiger partial charge in [0.1, 0.15) is 6.73 Å². The first-order chi connectivity index (χ1) is 3.43. The number of aliphatic hydroxyl groups is 1. The molecule has 4 heteroatoms. The molecule has 1 heterocycles. The highest BCUT2D eigenvalue weighted by atomic mass is 16.3. The Morgan fingerprint density at radius 1 is 1.71 bits per heavy atom. The van der Waals surface area contributed by atoms with E-state index in [1.165, 1.54) is 10.9 Å². The average Bonchev–Trinajstić information content (AvgIpc) is 2.14. The summed E-state index contributed by atoms with van der Waals surface area (Å²) in [4.78, 5) is 0. The van der Waals surface area contributed by atoms with Gasteiger partial charge in [-0.1, -0.05) is 5.21 Å². The van der Waals surface area contributed by atoms with Crippen molar-refractivity contribution in [3.63, 3.8) is 0 Å². The second kappa shape index (κ2) is 1.70. The Hall–Kier alpha value is -0.900. The molecule has 1 aromatic rings. The zero-order valence-electron chi connectivity index (χ0n) is 3.65. The van der Waals surface area contributed by atoms with Crippen molar-refractivity contribution >= 4 is 0 Å². The smallest absolute Gasteiger partial charge is 0.137 e. The van der Waals surface area contributed by atoms with Crippen molar-refractivity contribution in [3.8, 4) is 0 Å². The van der Waals surface area contributed by atoms with Gasteiger partial charge < -0.3 is 5.11 Å². The Kier molecular flexibility index (Phi) is 1.04. The lowest BCUT2D eigenvalue weighted by Gasteiger charge is -1.84. The number of aliphatic hydroxyl groups excluding tert-OH is 1. The summed E-state index contributed by atoms with van der Waals surface area (Å²) in [5.41, 5.74) is 0. The lowest BCUT2D eigenvalue weighted by molar-refractivity contribution is 0.192. The van der Waals surface area contributed by atoms with Gasteiger partial charge in [-0.2, -0.15) is 0 Å². The molecule has 0 saturated carbocycles. The maximum Gasteiger partial charge on any atom is 0.137 e. The summed E-state index contributed by atoms with van der Waals surface area (Å²) in [5.74, 6) is 0. The van der Waals surface area contributed by atoms with Gasteiger partial charge in [0.15, 0.2) is 0 Å². The predicted octanol–water partition coefficient (Wildman–Crippen LogP) is -0.772. The van der Waals surface area contributed by atoms with E-state index in [2.05, 4.69) is 10.3 Å². The van der Waals surface area contributed by atoms with Crippen molar-refractivity contribution in [2.24, 2.45) is 0 Å². The zero-order chi connectivity index (χ0) is 5.11. The minimum Gasteiger partial charge on any atom is -0.374 e. The number of rotatable bonds is 1. The molecule has 0 aliphatic heterocycles. The third-order valence-corrected chi connectivity index (χ3v) is 0.617. The van der Waals surface area contributed by atoms with E-state index in [0.717, 1.165) is 0 Å². The van der Waals surface area contributed by atoms with Crippen LogP contribution in [-0.4, -0.2) is 20.1 Å². The fraction of sp³-hybridized carbons (Fsp3) is 0.333. The molecule has 1 rings (SSSR count). The van der Waals surface area contributed by atoms with Crippen molar-refractivity contribution in [2.45, 2.75) is 6.73 Å². The Labute approximate surface area is 40.4 Å². The molecule has 4 nitrogen and oxygen atoms in total. The predicted molar refractivity (Wildman–Crippen MR) is 22.2 cm³/mol. The van der Waals surface area contributed by atoms with Crippen LogP contribution in [-0.2, 0) is 6.73 Å². The van der Waals surface area contributed by atoms with Crippen molar-refractivity contribution < 1.29 is 5.11 Å². The molecule has 0 spiro atoms. The molecular weight excluding hydrogens is 94.1 g/mol. The summed E-state index contributed by atoms with van der Waals surface area (Å²) in [6.07, 6.45) is 3.09. The topological polar surface area (TPSA) is 50.9 Å². The second-order valence-electron chi connectivity index (χ2n) is 1.08. The highest BCUT2D eigenvalue weighted by molar-refractivity contribution is 4.60. The van der Waals surface area contributed by atoms with Gasteiger partial charge in [-0.3, -0.25) is 0 Å². The first-order valence-electron chi connectivity index (χ1n) is 1.88. The lowest BCUT2D eigenvalue weighted by Crippen LogP contribution is -1.95. The average molecular weight is 99.1 g/mol. The molecule has 38 valence electrons. The summed E-state index contributed by atoms with van der Waals surface area (Å²) < 4.78 is 1.32. The number of hydrogen-bond donors (Lipinski definition) is 1. The standard InChI is InChI=1S/C3H5N3O/c7-3-6-2-1-4-5-6/h1-2,7H,3H2. The number of nitrogens with zero attached hydrogens (tertiary/aromatic N) is 3. The minimum absolute atomic E-state index is 0.0972. The molecule has 0 unspecified atom stereocenters. The van der Waals surface area contributed by atoms with Gasteiger partial charge in [-0.05, 0) is 0 Å². The van der Waals surface area contributed by atoms with Gasteiger partial charge in [0, 0.05) is 6.20 Å². The monoisotopic (exact) mass is 99.0 g/mol. The van der Waals surface area contributed by atoms with E-state index in [9.17, 15) is 0 Å². The van der Waals surface area contributed by atoms with Crippen LogP contribution in [0.4, 0.5) is 0 Å². The lowest BCUT2D eigenvalue weighted by atomic mass is 10.9. The van der Waals surface area contributed by atoms with Crippen molar-refractivity contribution in [1.82, 2.24) is 15.0 Å². The van der Waals surface area contributed by atoms with Crippen LogP contribution >= 0.6 is 0 Å². The molecule has 7 heavy (non-hydrogen) atoms. The number of aromatic nitrogens is 3. The maximum absolute atomic E-state index is 8.29. The maximum atomic E-state index is 8.29. The molecule has 0 fully saturated rings. The van der Waals surface area contributed by atoms with Crippen LogP contribution in [0.5, 0.6) is 0 Å². The van der Waals surface area contributed by atoms with E-state index in [0.29, 0.717) is 0 Å². The van der Waals surface area contributed by atoms with Gasteiger partial charge in [0.05, 0.1) is 6.20 Å². The minimum atomic E-state index is -0.0972. The van der Waals surface area contributed by atoms with Crippen molar-refractivity contribution in [2.75, 3.05) is 0 Å². The highest BCUT2D eigenvalue weighted by Crippen LogP contribution is 1.73. The van der Waals surface area contributed by atoms with Gasteiger partial charge in [-0.15, -0.1) is 5.10 Å². The molecular formula is C3H5N3O.